The highest BCUT2D eigenvalue weighted by Gasteiger charge is 2.12. The topological polar surface area (TPSA) is 96.9 Å². The number of methoxy groups -OCH3 is 1. The lowest BCUT2D eigenvalue weighted by Crippen LogP contribution is -2.34. The number of rotatable bonds is 7. The van der Waals surface area contributed by atoms with Gasteiger partial charge in [0.05, 0.1) is 25.0 Å². The first-order valence-corrected chi connectivity index (χ1v) is 8.62. The zero-order valence-electron chi connectivity index (χ0n) is 14.9. The molecule has 142 valence electrons. The van der Waals surface area contributed by atoms with E-state index in [-0.39, 0.29) is 10.7 Å². The number of hydrogen-bond acceptors (Lipinski definition) is 5. The van der Waals surface area contributed by atoms with Crippen LogP contribution in [0.5, 0.6) is 11.5 Å². The first kappa shape index (κ1) is 20.2. The van der Waals surface area contributed by atoms with Crippen molar-refractivity contribution in [2.45, 2.75) is 13.3 Å². The molecule has 0 unspecified atom stereocenters. The number of nitrogens with one attached hydrogen (secondary N) is 2. The largest absolute Gasteiger partial charge is 0.495 e. The number of carboxylic acids is 1. The summed E-state index contributed by atoms with van der Waals surface area (Å²) in [5.41, 5.74) is 0.815. The second kappa shape index (κ2) is 9.54. The molecule has 0 heterocycles. The molecule has 0 bridgehead atoms. The number of thiocarbonyl (C=S) groups is 1. The van der Waals surface area contributed by atoms with Gasteiger partial charge in [0, 0.05) is 5.56 Å². The van der Waals surface area contributed by atoms with Gasteiger partial charge in [0.1, 0.15) is 11.5 Å². The van der Waals surface area contributed by atoms with E-state index in [4.69, 9.17) is 26.8 Å². The normalized spacial score (nSPS) is 10.0. The molecule has 0 atom stereocenters. The second-order valence-electron chi connectivity index (χ2n) is 5.50. The maximum Gasteiger partial charge on any atom is 0.335 e. The maximum atomic E-state index is 12.3. The second-order valence-corrected chi connectivity index (χ2v) is 5.91. The minimum atomic E-state index is -1.08. The summed E-state index contributed by atoms with van der Waals surface area (Å²) in [7, 11) is 1.45. The minimum Gasteiger partial charge on any atom is -0.495 e. The van der Waals surface area contributed by atoms with Gasteiger partial charge in [0.25, 0.3) is 5.91 Å². The van der Waals surface area contributed by atoms with Crippen LogP contribution in [0.4, 0.5) is 5.69 Å². The van der Waals surface area contributed by atoms with Crippen molar-refractivity contribution < 1.29 is 24.2 Å². The number of hydrogen-bond donors (Lipinski definition) is 3. The van der Waals surface area contributed by atoms with E-state index in [1.165, 1.54) is 25.3 Å². The Bertz CT molecular complexity index is 836. The van der Waals surface area contributed by atoms with Crippen molar-refractivity contribution in [3.05, 3.63) is 53.6 Å². The number of anilines is 1. The Balaban J connectivity index is 2.03. The summed E-state index contributed by atoms with van der Waals surface area (Å²) in [5, 5.41) is 14.4. The van der Waals surface area contributed by atoms with Crippen LogP contribution in [-0.2, 0) is 0 Å². The van der Waals surface area contributed by atoms with Crippen molar-refractivity contribution in [3.8, 4) is 11.5 Å². The maximum absolute atomic E-state index is 12.3. The SMILES string of the molecule is CCCOc1ccc(C(=O)NC(=S)Nc2cc(C(=O)O)ccc2OC)cc1. The third kappa shape index (κ3) is 5.68. The minimum absolute atomic E-state index is 0.0205. The number of aromatic carboxylic acids is 1. The lowest BCUT2D eigenvalue weighted by molar-refractivity contribution is 0.0696. The summed E-state index contributed by atoms with van der Waals surface area (Å²) in [4.78, 5) is 23.4. The molecule has 2 aromatic rings. The van der Waals surface area contributed by atoms with Crippen molar-refractivity contribution in [2.75, 3.05) is 19.0 Å². The van der Waals surface area contributed by atoms with Gasteiger partial charge >= 0.3 is 5.97 Å². The van der Waals surface area contributed by atoms with Crippen LogP contribution in [0.25, 0.3) is 0 Å². The van der Waals surface area contributed by atoms with Crippen LogP contribution < -0.4 is 20.1 Å². The number of carboxylic acid groups (broad SMARTS) is 1. The Morgan fingerprint density at radius 3 is 2.37 bits per heavy atom. The molecule has 0 aromatic heterocycles. The Kier molecular flexibility index (Phi) is 7.13. The highest BCUT2D eigenvalue weighted by molar-refractivity contribution is 7.80. The number of carbonyl (C=O) groups excluding carboxylic acids is 1. The quantitative estimate of drug-likeness (QED) is 0.626. The first-order valence-electron chi connectivity index (χ1n) is 8.21. The van der Waals surface area contributed by atoms with Gasteiger partial charge in [-0.1, -0.05) is 6.92 Å². The fourth-order valence-electron chi connectivity index (χ4n) is 2.19. The van der Waals surface area contributed by atoms with E-state index in [0.717, 1.165) is 6.42 Å². The molecule has 0 fully saturated rings. The van der Waals surface area contributed by atoms with E-state index in [9.17, 15) is 9.59 Å². The first-order chi connectivity index (χ1) is 12.9. The molecule has 0 radical (unpaired) electrons. The van der Waals surface area contributed by atoms with Crippen molar-refractivity contribution in [1.82, 2.24) is 5.32 Å². The Morgan fingerprint density at radius 1 is 1.11 bits per heavy atom. The van der Waals surface area contributed by atoms with E-state index < -0.39 is 11.9 Å². The molecule has 1 amide bonds. The van der Waals surface area contributed by atoms with Crippen molar-refractivity contribution in [2.24, 2.45) is 0 Å². The molecule has 3 N–H and O–H groups in total. The fourth-order valence-corrected chi connectivity index (χ4v) is 2.39. The molecule has 2 aromatic carbocycles. The summed E-state index contributed by atoms with van der Waals surface area (Å²) < 4.78 is 10.6. The zero-order chi connectivity index (χ0) is 19.8. The third-order valence-electron chi connectivity index (χ3n) is 3.51. The summed E-state index contributed by atoms with van der Waals surface area (Å²) >= 11 is 5.14. The lowest BCUT2D eigenvalue weighted by Gasteiger charge is -2.13. The third-order valence-corrected chi connectivity index (χ3v) is 3.72. The van der Waals surface area contributed by atoms with Gasteiger partial charge in [-0.3, -0.25) is 10.1 Å². The van der Waals surface area contributed by atoms with Crippen LogP contribution >= 0.6 is 12.2 Å². The van der Waals surface area contributed by atoms with Gasteiger partial charge in [-0.25, -0.2) is 4.79 Å². The van der Waals surface area contributed by atoms with E-state index in [1.807, 2.05) is 6.92 Å². The van der Waals surface area contributed by atoms with Crippen LogP contribution in [0.3, 0.4) is 0 Å². The summed E-state index contributed by atoms with van der Waals surface area (Å²) in [6.07, 6.45) is 0.898. The standard InChI is InChI=1S/C19H20N2O5S/c1-3-10-26-14-7-4-12(5-8-14)17(22)21-19(27)20-15-11-13(18(23)24)6-9-16(15)25-2/h4-9,11H,3,10H2,1-2H3,(H,23,24)(H2,20,21,22,27). The van der Waals surface area contributed by atoms with Crippen LogP contribution in [0.15, 0.2) is 42.5 Å². The van der Waals surface area contributed by atoms with Gasteiger partial charge in [-0.2, -0.15) is 0 Å². The molecule has 0 aliphatic carbocycles. The van der Waals surface area contributed by atoms with Crippen molar-refractivity contribution in [1.29, 1.82) is 0 Å². The van der Waals surface area contributed by atoms with E-state index in [0.29, 0.717) is 29.4 Å². The van der Waals surface area contributed by atoms with E-state index >= 15 is 0 Å². The Hall–Kier alpha value is -3.13. The molecule has 7 nitrogen and oxygen atoms in total. The average Bonchev–Trinajstić information content (AvgIpc) is 2.66. The number of ether oxygens (including phenoxy) is 2. The Labute approximate surface area is 162 Å². The van der Waals surface area contributed by atoms with Crippen LogP contribution in [-0.4, -0.2) is 35.8 Å². The van der Waals surface area contributed by atoms with Crippen molar-refractivity contribution >= 4 is 34.9 Å². The smallest absolute Gasteiger partial charge is 0.335 e. The molecule has 0 aliphatic rings. The highest BCUT2D eigenvalue weighted by atomic mass is 32.1. The summed E-state index contributed by atoms with van der Waals surface area (Å²) in [6.45, 7) is 2.62. The monoisotopic (exact) mass is 388 g/mol. The molecule has 27 heavy (non-hydrogen) atoms. The molecular weight excluding hydrogens is 368 g/mol. The van der Waals surface area contributed by atoms with Gasteiger partial charge < -0.3 is 19.9 Å². The molecule has 2 rings (SSSR count). The van der Waals surface area contributed by atoms with Crippen LogP contribution in [0, 0.1) is 0 Å². The van der Waals surface area contributed by atoms with Gasteiger partial charge in [0.15, 0.2) is 5.11 Å². The molecule has 0 saturated carbocycles. The average molecular weight is 388 g/mol. The molecule has 0 spiro atoms. The number of carbonyl (C=O) groups is 2. The molecule has 0 saturated heterocycles. The molecular formula is C19H20N2O5S. The number of amides is 1. The van der Waals surface area contributed by atoms with Crippen molar-refractivity contribution in [3.63, 3.8) is 0 Å². The summed E-state index contributed by atoms with van der Waals surface area (Å²) in [6, 6.07) is 11.0. The predicted octanol–water partition coefficient (Wildman–Crippen LogP) is 3.31. The van der Waals surface area contributed by atoms with Gasteiger partial charge in [-0.05, 0) is 61.1 Å². The van der Waals surface area contributed by atoms with E-state index in [1.54, 1.807) is 24.3 Å². The van der Waals surface area contributed by atoms with E-state index in [2.05, 4.69) is 10.6 Å². The zero-order valence-corrected chi connectivity index (χ0v) is 15.8. The molecule has 0 aliphatic heterocycles. The predicted molar refractivity (Wildman–Crippen MR) is 106 cm³/mol. The van der Waals surface area contributed by atoms with Crippen LogP contribution in [0.1, 0.15) is 34.1 Å². The number of benzene rings is 2. The lowest BCUT2D eigenvalue weighted by atomic mass is 10.2. The molecule has 8 heteroatoms. The van der Waals surface area contributed by atoms with Crippen LogP contribution in [0.2, 0.25) is 0 Å². The van der Waals surface area contributed by atoms with Gasteiger partial charge in [-0.15, -0.1) is 0 Å². The Morgan fingerprint density at radius 2 is 1.78 bits per heavy atom. The fraction of sp³-hybridized carbons (Fsp3) is 0.211. The highest BCUT2D eigenvalue weighted by Crippen LogP contribution is 2.25. The van der Waals surface area contributed by atoms with Gasteiger partial charge in [0.2, 0.25) is 0 Å². The summed E-state index contributed by atoms with van der Waals surface area (Å²) in [5.74, 6) is -0.401.